The number of aliphatic hydroxyl groups excluding tert-OH is 1. The van der Waals surface area contributed by atoms with Crippen LogP contribution in [-0.4, -0.2) is 33.2 Å². The predicted molar refractivity (Wildman–Crippen MR) is 94.6 cm³/mol. The Morgan fingerprint density at radius 1 is 0.958 bits per heavy atom. The highest BCUT2D eigenvalue weighted by Gasteiger charge is 2.07. The van der Waals surface area contributed by atoms with E-state index in [4.69, 9.17) is 5.11 Å². The highest BCUT2D eigenvalue weighted by atomic mass is 16.3. The van der Waals surface area contributed by atoms with Gasteiger partial charge in [-0.25, -0.2) is 4.98 Å². The lowest BCUT2D eigenvalue weighted by atomic mass is 10.2. The predicted octanol–water partition coefficient (Wildman–Crippen LogP) is 2.55. The average Bonchev–Trinajstić information content (AvgIpc) is 2.66. The lowest BCUT2D eigenvalue weighted by Gasteiger charge is -2.11. The number of pyridine rings is 1. The van der Waals surface area contributed by atoms with E-state index in [1.165, 1.54) is 5.56 Å². The highest BCUT2D eigenvalue weighted by Crippen LogP contribution is 2.21. The molecule has 0 aliphatic carbocycles. The van der Waals surface area contributed by atoms with Gasteiger partial charge >= 0.3 is 0 Å². The fourth-order valence-corrected chi connectivity index (χ4v) is 2.24. The summed E-state index contributed by atoms with van der Waals surface area (Å²) in [5, 5.41) is 15.3. The Kier molecular flexibility index (Phi) is 5.32. The molecule has 0 fully saturated rings. The molecule has 0 atom stereocenters. The Bertz CT molecular complexity index is 765. The molecule has 0 bridgehead atoms. The van der Waals surface area contributed by atoms with Crippen LogP contribution < -0.4 is 10.6 Å². The normalized spacial score (nSPS) is 10.4. The SMILES string of the molecule is OCCNc1nc(NCc2ccccc2)cc(-c2cccnc2)n1. The van der Waals surface area contributed by atoms with E-state index in [0.717, 1.165) is 11.3 Å². The van der Waals surface area contributed by atoms with Crippen molar-refractivity contribution in [3.8, 4) is 11.3 Å². The van der Waals surface area contributed by atoms with Crippen LogP contribution in [0, 0.1) is 0 Å². The van der Waals surface area contributed by atoms with Crippen LogP contribution in [0.1, 0.15) is 5.56 Å². The summed E-state index contributed by atoms with van der Waals surface area (Å²) in [5.74, 6) is 1.19. The molecule has 6 heteroatoms. The third kappa shape index (κ3) is 4.27. The minimum absolute atomic E-state index is 0.0211. The summed E-state index contributed by atoms with van der Waals surface area (Å²) in [6.07, 6.45) is 3.49. The zero-order valence-electron chi connectivity index (χ0n) is 13.2. The zero-order chi connectivity index (χ0) is 16.6. The minimum atomic E-state index is 0.0211. The second-order valence-electron chi connectivity index (χ2n) is 5.19. The van der Waals surface area contributed by atoms with E-state index in [2.05, 4.69) is 37.7 Å². The number of aromatic nitrogens is 3. The molecule has 0 amide bonds. The largest absolute Gasteiger partial charge is 0.395 e. The van der Waals surface area contributed by atoms with Gasteiger partial charge in [0, 0.05) is 37.1 Å². The Balaban J connectivity index is 1.84. The number of rotatable bonds is 7. The van der Waals surface area contributed by atoms with Crippen molar-refractivity contribution in [2.75, 3.05) is 23.8 Å². The van der Waals surface area contributed by atoms with Gasteiger partial charge in [0.25, 0.3) is 0 Å². The van der Waals surface area contributed by atoms with E-state index >= 15 is 0 Å². The second kappa shape index (κ2) is 8.03. The molecule has 122 valence electrons. The standard InChI is InChI=1S/C18H19N5O/c24-10-9-20-18-22-16(15-7-4-8-19-13-15)11-17(23-18)21-12-14-5-2-1-3-6-14/h1-8,11,13,24H,9-10,12H2,(H2,20,21,22,23). The Morgan fingerprint density at radius 2 is 1.83 bits per heavy atom. The molecule has 0 aliphatic rings. The van der Waals surface area contributed by atoms with Crippen molar-refractivity contribution in [2.45, 2.75) is 6.54 Å². The van der Waals surface area contributed by atoms with Crippen molar-refractivity contribution < 1.29 is 5.11 Å². The van der Waals surface area contributed by atoms with Gasteiger partial charge in [0.15, 0.2) is 0 Å². The van der Waals surface area contributed by atoms with Crippen molar-refractivity contribution in [2.24, 2.45) is 0 Å². The molecular weight excluding hydrogens is 302 g/mol. The van der Waals surface area contributed by atoms with Crippen molar-refractivity contribution in [1.29, 1.82) is 0 Å². The molecule has 6 nitrogen and oxygen atoms in total. The summed E-state index contributed by atoms with van der Waals surface area (Å²) in [6, 6.07) is 15.8. The van der Waals surface area contributed by atoms with Crippen molar-refractivity contribution in [1.82, 2.24) is 15.0 Å². The Labute approximate surface area is 140 Å². The summed E-state index contributed by atoms with van der Waals surface area (Å²) in [6.45, 7) is 1.09. The van der Waals surface area contributed by atoms with Gasteiger partial charge in [-0.2, -0.15) is 4.98 Å². The second-order valence-corrected chi connectivity index (χ2v) is 5.19. The number of nitrogens with zero attached hydrogens (tertiary/aromatic N) is 3. The fourth-order valence-electron chi connectivity index (χ4n) is 2.24. The first-order valence-corrected chi connectivity index (χ1v) is 7.77. The Hall–Kier alpha value is -2.99. The lowest BCUT2D eigenvalue weighted by Crippen LogP contribution is -2.11. The fraction of sp³-hybridized carbons (Fsp3) is 0.167. The number of hydrogen-bond donors (Lipinski definition) is 3. The third-order valence-corrected chi connectivity index (χ3v) is 3.39. The number of benzene rings is 1. The van der Waals surface area contributed by atoms with E-state index in [9.17, 15) is 0 Å². The van der Waals surface area contributed by atoms with Gasteiger partial charge in [0.05, 0.1) is 12.3 Å². The quantitative estimate of drug-likeness (QED) is 0.620. The summed E-state index contributed by atoms with van der Waals surface area (Å²) in [5.41, 5.74) is 2.85. The van der Waals surface area contributed by atoms with Crippen LogP contribution in [-0.2, 0) is 6.54 Å². The molecule has 2 aromatic heterocycles. The zero-order valence-corrected chi connectivity index (χ0v) is 13.2. The highest BCUT2D eigenvalue weighted by molar-refractivity contribution is 5.63. The maximum Gasteiger partial charge on any atom is 0.225 e. The first-order chi connectivity index (χ1) is 11.8. The molecule has 2 heterocycles. The van der Waals surface area contributed by atoms with E-state index in [1.807, 2.05) is 36.4 Å². The molecule has 0 saturated carbocycles. The van der Waals surface area contributed by atoms with Crippen molar-refractivity contribution >= 4 is 11.8 Å². The summed E-state index contributed by atoms with van der Waals surface area (Å²) >= 11 is 0. The van der Waals surface area contributed by atoms with Gasteiger partial charge in [-0.3, -0.25) is 4.98 Å². The molecule has 3 rings (SSSR count). The van der Waals surface area contributed by atoms with Crippen molar-refractivity contribution in [3.63, 3.8) is 0 Å². The van der Waals surface area contributed by atoms with Crippen LogP contribution >= 0.6 is 0 Å². The van der Waals surface area contributed by atoms with Gasteiger partial charge < -0.3 is 15.7 Å². The number of hydrogen-bond acceptors (Lipinski definition) is 6. The van der Waals surface area contributed by atoms with Crippen LogP contribution in [0.15, 0.2) is 60.9 Å². The topological polar surface area (TPSA) is 83.0 Å². The summed E-state index contributed by atoms with van der Waals surface area (Å²) in [7, 11) is 0. The first-order valence-electron chi connectivity index (χ1n) is 7.77. The summed E-state index contributed by atoms with van der Waals surface area (Å²) < 4.78 is 0. The molecule has 0 unspecified atom stereocenters. The van der Waals surface area contributed by atoms with Gasteiger partial charge in [0.2, 0.25) is 5.95 Å². The lowest BCUT2D eigenvalue weighted by molar-refractivity contribution is 0.311. The van der Waals surface area contributed by atoms with Crippen LogP contribution in [0.25, 0.3) is 11.3 Å². The first kappa shape index (κ1) is 15.9. The van der Waals surface area contributed by atoms with Gasteiger partial charge in [-0.05, 0) is 17.7 Å². The van der Waals surface area contributed by atoms with Crippen molar-refractivity contribution in [3.05, 3.63) is 66.5 Å². The molecule has 1 aromatic carbocycles. The van der Waals surface area contributed by atoms with E-state index in [1.54, 1.807) is 12.4 Å². The van der Waals surface area contributed by atoms with Gasteiger partial charge in [-0.1, -0.05) is 30.3 Å². The molecular formula is C18H19N5O. The molecule has 0 spiro atoms. The van der Waals surface area contributed by atoms with Crippen LogP contribution in [0.2, 0.25) is 0 Å². The van der Waals surface area contributed by atoms with E-state index in [0.29, 0.717) is 24.9 Å². The molecule has 0 aliphatic heterocycles. The minimum Gasteiger partial charge on any atom is -0.395 e. The maximum atomic E-state index is 8.99. The maximum absolute atomic E-state index is 8.99. The van der Waals surface area contributed by atoms with E-state index in [-0.39, 0.29) is 6.61 Å². The summed E-state index contributed by atoms with van der Waals surface area (Å²) in [4.78, 5) is 13.1. The molecule has 24 heavy (non-hydrogen) atoms. The third-order valence-electron chi connectivity index (χ3n) is 3.39. The van der Waals surface area contributed by atoms with Crippen LogP contribution in [0.4, 0.5) is 11.8 Å². The van der Waals surface area contributed by atoms with Crippen LogP contribution in [0.5, 0.6) is 0 Å². The van der Waals surface area contributed by atoms with Crippen LogP contribution in [0.3, 0.4) is 0 Å². The number of nitrogens with one attached hydrogen (secondary N) is 2. The average molecular weight is 321 g/mol. The van der Waals surface area contributed by atoms with Gasteiger partial charge in [-0.15, -0.1) is 0 Å². The monoisotopic (exact) mass is 321 g/mol. The molecule has 3 aromatic rings. The van der Waals surface area contributed by atoms with Gasteiger partial charge in [0.1, 0.15) is 5.82 Å². The molecule has 0 radical (unpaired) electrons. The molecule has 3 N–H and O–H groups in total. The number of anilines is 2. The van der Waals surface area contributed by atoms with E-state index < -0.39 is 0 Å². The smallest absolute Gasteiger partial charge is 0.225 e. The molecule has 0 saturated heterocycles. The Morgan fingerprint density at radius 3 is 2.58 bits per heavy atom. The number of aliphatic hydroxyl groups is 1.